The molecule has 0 amide bonds. The third-order valence-electron chi connectivity index (χ3n) is 1.92. The molecule has 16 heavy (non-hydrogen) atoms. The number of hydrogen-bond donors (Lipinski definition) is 0. The van der Waals surface area contributed by atoms with Crippen LogP contribution in [0.3, 0.4) is 0 Å². The first-order valence-electron chi connectivity index (χ1n) is 4.32. The van der Waals surface area contributed by atoms with Gasteiger partial charge in [0.2, 0.25) is 3.83 Å². The zero-order valence-corrected chi connectivity index (χ0v) is 10.3. The Hall–Kier alpha value is -1.51. The van der Waals surface area contributed by atoms with Gasteiger partial charge in [-0.1, -0.05) is 5.16 Å². The maximum Gasteiger partial charge on any atom is 0.270 e. The molecule has 0 unspecified atom stereocenters. The molecule has 0 saturated heterocycles. The van der Waals surface area contributed by atoms with Crippen molar-refractivity contribution in [2.24, 2.45) is 0 Å². The molecule has 0 fully saturated rings. The molecule has 1 aromatic heterocycles. The van der Waals surface area contributed by atoms with Gasteiger partial charge in [0.05, 0.1) is 4.92 Å². The highest BCUT2D eigenvalue weighted by molar-refractivity contribution is 14.1. The number of rotatable bonds is 2. The average Bonchev–Trinajstić information content (AvgIpc) is 2.64. The molecule has 1 aromatic carbocycles. The smallest absolute Gasteiger partial charge is 0.270 e. The fraction of sp³-hybridized carbons (Fsp3) is 0.111. The van der Waals surface area contributed by atoms with Crippen LogP contribution >= 0.6 is 22.6 Å². The third kappa shape index (κ3) is 2.18. The maximum absolute atomic E-state index is 10.7. The van der Waals surface area contributed by atoms with E-state index in [-0.39, 0.29) is 11.6 Å². The molecule has 0 spiro atoms. The van der Waals surface area contributed by atoms with E-state index in [0.29, 0.717) is 9.39 Å². The Morgan fingerprint density at radius 1 is 1.44 bits per heavy atom. The third-order valence-corrected chi connectivity index (χ3v) is 2.36. The molecule has 0 aliphatic heterocycles. The predicted molar refractivity (Wildman–Crippen MR) is 63.8 cm³/mol. The minimum atomic E-state index is -0.447. The normalized spacial score (nSPS) is 10.4. The SMILES string of the molecule is Cc1cc(-c2nc(I)no2)cc([N+](=O)[O-])c1. The highest BCUT2D eigenvalue weighted by Crippen LogP contribution is 2.24. The molecule has 0 saturated carbocycles. The van der Waals surface area contributed by atoms with Crippen molar-refractivity contribution in [3.8, 4) is 11.5 Å². The molecular weight excluding hydrogens is 325 g/mol. The Labute approximate surface area is 104 Å². The standard InChI is InChI=1S/C9H6IN3O3/c1-5-2-6(4-7(3-5)13(14)15)8-11-9(10)12-16-8/h2-4H,1H3. The van der Waals surface area contributed by atoms with Crippen LogP contribution in [0.25, 0.3) is 11.5 Å². The van der Waals surface area contributed by atoms with Crippen molar-refractivity contribution in [3.05, 3.63) is 37.7 Å². The summed E-state index contributed by atoms with van der Waals surface area (Å²) in [6, 6.07) is 4.66. The van der Waals surface area contributed by atoms with Gasteiger partial charge in [0, 0.05) is 40.3 Å². The van der Waals surface area contributed by atoms with E-state index in [1.807, 2.05) is 22.6 Å². The summed E-state index contributed by atoms with van der Waals surface area (Å²) in [5.41, 5.74) is 1.35. The van der Waals surface area contributed by atoms with E-state index < -0.39 is 4.92 Å². The topological polar surface area (TPSA) is 82.1 Å². The number of nitro groups is 1. The minimum absolute atomic E-state index is 0.0169. The number of non-ortho nitro benzene ring substituents is 1. The fourth-order valence-electron chi connectivity index (χ4n) is 1.31. The number of benzene rings is 1. The second kappa shape index (κ2) is 4.16. The molecule has 0 aliphatic rings. The van der Waals surface area contributed by atoms with Gasteiger partial charge < -0.3 is 4.52 Å². The van der Waals surface area contributed by atoms with Gasteiger partial charge in [0.1, 0.15) is 0 Å². The van der Waals surface area contributed by atoms with Crippen molar-refractivity contribution in [3.63, 3.8) is 0 Å². The lowest BCUT2D eigenvalue weighted by molar-refractivity contribution is -0.384. The van der Waals surface area contributed by atoms with Gasteiger partial charge in [-0.15, -0.1) is 0 Å². The minimum Gasteiger partial charge on any atom is -0.333 e. The lowest BCUT2D eigenvalue weighted by Gasteiger charge is -1.97. The van der Waals surface area contributed by atoms with Crippen LogP contribution in [0.2, 0.25) is 0 Å². The van der Waals surface area contributed by atoms with E-state index in [9.17, 15) is 10.1 Å². The molecule has 0 radical (unpaired) electrons. The molecule has 7 heteroatoms. The quantitative estimate of drug-likeness (QED) is 0.480. The molecule has 0 atom stereocenters. The van der Waals surface area contributed by atoms with Crippen LogP contribution in [0, 0.1) is 20.9 Å². The first-order chi connectivity index (χ1) is 7.56. The van der Waals surface area contributed by atoms with Gasteiger partial charge >= 0.3 is 0 Å². The lowest BCUT2D eigenvalue weighted by Crippen LogP contribution is -1.90. The molecule has 1 heterocycles. The van der Waals surface area contributed by atoms with Crippen LogP contribution in [0.15, 0.2) is 22.7 Å². The zero-order valence-electron chi connectivity index (χ0n) is 8.18. The summed E-state index contributed by atoms with van der Waals surface area (Å²) >= 11 is 1.91. The molecule has 6 nitrogen and oxygen atoms in total. The highest BCUT2D eigenvalue weighted by atomic mass is 127. The van der Waals surface area contributed by atoms with Crippen LogP contribution in [0.5, 0.6) is 0 Å². The zero-order chi connectivity index (χ0) is 11.7. The molecule has 82 valence electrons. The Balaban J connectivity index is 2.53. The molecule has 0 aliphatic carbocycles. The molecule has 0 bridgehead atoms. The van der Waals surface area contributed by atoms with Gasteiger partial charge in [-0.2, -0.15) is 4.98 Å². The maximum atomic E-state index is 10.7. The Morgan fingerprint density at radius 2 is 2.19 bits per heavy atom. The summed E-state index contributed by atoms with van der Waals surface area (Å²) in [5, 5.41) is 14.3. The van der Waals surface area contributed by atoms with Gasteiger partial charge in [-0.25, -0.2) is 0 Å². The second-order valence-corrected chi connectivity index (χ2v) is 4.15. The molecule has 2 aromatic rings. The van der Waals surface area contributed by atoms with Crippen LogP contribution in [0.4, 0.5) is 5.69 Å². The number of aryl methyl sites for hydroxylation is 1. The van der Waals surface area contributed by atoms with Crippen LogP contribution in [-0.2, 0) is 0 Å². The van der Waals surface area contributed by atoms with E-state index in [0.717, 1.165) is 5.56 Å². The van der Waals surface area contributed by atoms with Crippen molar-refractivity contribution in [2.75, 3.05) is 0 Å². The number of aromatic nitrogens is 2. The Bertz CT molecular complexity index is 553. The predicted octanol–water partition coefficient (Wildman–Crippen LogP) is 2.56. The molecule has 2 rings (SSSR count). The Morgan fingerprint density at radius 3 is 2.75 bits per heavy atom. The van der Waals surface area contributed by atoms with Gasteiger partial charge in [-0.05, 0) is 18.6 Å². The van der Waals surface area contributed by atoms with Gasteiger partial charge in [0.15, 0.2) is 0 Å². The number of nitrogens with zero attached hydrogens (tertiary/aromatic N) is 3. The van der Waals surface area contributed by atoms with Crippen molar-refractivity contribution in [1.82, 2.24) is 10.1 Å². The monoisotopic (exact) mass is 331 g/mol. The number of hydrogen-bond acceptors (Lipinski definition) is 5. The van der Waals surface area contributed by atoms with Crippen molar-refractivity contribution < 1.29 is 9.45 Å². The van der Waals surface area contributed by atoms with E-state index in [1.165, 1.54) is 12.1 Å². The van der Waals surface area contributed by atoms with Crippen LogP contribution in [-0.4, -0.2) is 15.1 Å². The molecular formula is C9H6IN3O3. The van der Waals surface area contributed by atoms with E-state index in [2.05, 4.69) is 10.1 Å². The summed E-state index contributed by atoms with van der Waals surface area (Å²) in [6.07, 6.45) is 0. The van der Waals surface area contributed by atoms with Crippen molar-refractivity contribution in [1.29, 1.82) is 0 Å². The van der Waals surface area contributed by atoms with Crippen LogP contribution < -0.4 is 0 Å². The highest BCUT2D eigenvalue weighted by Gasteiger charge is 2.13. The van der Waals surface area contributed by atoms with Gasteiger partial charge in [-0.3, -0.25) is 10.1 Å². The summed E-state index contributed by atoms with van der Waals surface area (Å²) in [5.74, 6) is 0.288. The summed E-state index contributed by atoms with van der Waals surface area (Å²) in [4.78, 5) is 14.2. The fourth-order valence-corrected chi connectivity index (χ4v) is 1.63. The number of nitro benzene ring substituents is 1. The summed E-state index contributed by atoms with van der Waals surface area (Å²) in [7, 11) is 0. The number of halogens is 1. The lowest BCUT2D eigenvalue weighted by atomic mass is 10.1. The summed E-state index contributed by atoms with van der Waals surface area (Å²) in [6.45, 7) is 1.78. The first-order valence-corrected chi connectivity index (χ1v) is 5.40. The summed E-state index contributed by atoms with van der Waals surface area (Å²) < 4.78 is 5.42. The van der Waals surface area contributed by atoms with Crippen molar-refractivity contribution >= 4 is 28.3 Å². The van der Waals surface area contributed by atoms with Gasteiger partial charge in [0.25, 0.3) is 11.6 Å². The van der Waals surface area contributed by atoms with Crippen molar-refractivity contribution in [2.45, 2.75) is 6.92 Å². The van der Waals surface area contributed by atoms with E-state index >= 15 is 0 Å². The molecule has 0 N–H and O–H groups in total. The second-order valence-electron chi connectivity index (χ2n) is 3.18. The van der Waals surface area contributed by atoms with Crippen LogP contribution in [0.1, 0.15) is 5.56 Å². The first kappa shape index (κ1) is 11.0. The van der Waals surface area contributed by atoms with E-state index in [4.69, 9.17) is 4.52 Å². The average molecular weight is 331 g/mol. The Kier molecular flexibility index (Phi) is 2.86. The largest absolute Gasteiger partial charge is 0.333 e. The van der Waals surface area contributed by atoms with E-state index in [1.54, 1.807) is 13.0 Å².